The second kappa shape index (κ2) is 9.62. The number of carbonyl (C=O) groups excluding carboxylic acids is 2. The van der Waals surface area contributed by atoms with Gasteiger partial charge in [-0.25, -0.2) is 0 Å². The van der Waals surface area contributed by atoms with E-state index in [1.807, 2.05) is 50.1 Å². The molecule has 1 fully saturated rings. The van der Waals surface area contributed by atoms with Crippen molar-refractivity contribution >= 4 is 33.4 Å². The maximum absolute atomic E-state index is 13.0. The molecule has 2 aromatic rings. The fourth-order valence-corrected chi connectivity index (χ4v) is 4.19. The van der Waals surface area contributed by atoms with Crippen LogP contribution < -0.4 is 10.1 Å². The van der Waals surface area contributed by atoms with Crippen LogP contribution in [0.2, 0.25) is 0 Å². The van der Waals surface area contributed by atoms with Gasteiger partial charge >= 0.3 is 0 Å². The number of aryl methyl sites for hydroxylation is 2. The van der Waals surface area contributed by atoms with Gasteiger partial charge in [-0.3, -0.25) is 9.59 Å². The predicted molar refractivity (Wildman–Crippen MR) is 122 cm³/mol. The monoisotopic (exact) mass is 473 g/mol. The van der Waals surface area contributed by atoms with E-state index < -0.39 is 6.10 Å². The molecule has 1 aliphatic heterocycles. The summed E-state index contributed by atoms with van der Waals surface area (Å²) in [6.45, 7) is 8.65. The molecule has 1 atom stereocenters. The van der Waals surface area contributed by atoms with E-state index in [-0.39, 0.29) is 11.8 Å². The number of ether oxygens (including phenoxy) is 1. The summed E-state index contributed by atoms with van der Waals surface area (Å²) in [5, 5.41) is 2.88. The number of piperazine rings is 1. The first-order chi connectivity index (χ1) is 14.3. The first-order valence-electron chi connectivity index (χ1n) is 10.1. The summed E-state index contributed by atoms with van der Waals surface area (Å²) < 4.78 is 6.93. The molecular weight excluding hydrogens is 446 g/mol. The Hall–Kier alpha value is -2.38. The Morgan fingerprint density at radius 2 is 1.67 bits per heavy atom. The molecule has 7 heteroatoms. The lowest BCUT2D eigenvalue weighted by Gasteiger charge is -2.32. The van der Waals surface area contributed by atoms with Gasteiger partial charge in [-0.1, -0.05) is 28.1 Å². The number of para-hydroxylation sites is 1. The number of nitrogens with one attached hydrogen (secondary N) is 1. The SMILES string of the molecule is Cc1cc(Br)cc(C)c1OC(C)C(=O)Nc1ccccc1C(=O)N1CCN(C)CC1. The number of benzene rings is 2. The Morgan fingerprint density at radius 1 is 1.07 bits per heavy atom. The average Bonchev–Trinajstić information content (AvgIpc) is 2.71. The van der Waals surface area contributed by atoms with Crippen LogP contribution in [0, 0.1) is 13.8 Å². The molecule has 1 N–H and O–H groups in total. The van der Waals surface area contributed by atoms with Crippen molar-refractivity contribution in [2.45, 2.75) is 26.9 Å². The van der Waals surface area contributed by atoms with Crippen LogP contribution in [0.1, 0.15) is 28.4 Å². The van der Waals surface area contributed by atoms with Gasteiger partial charge in [-0.05, 0) is 63.2 Å². The lowest BCUT2D eigenvalue weighted by Crippen LogP contribution is -2.47. The molecule has 0 bridgehead atoms. The van der Waals surface area contributed by atoms with Gasteiger partial charge in [-0.15, -0.1) is 0 Å². The highest BCUT2D eigenvalue weighted by Gasteiger charge is 2.24. The molecule has 0 radical (unpaired) electrons. The molecule has 30 heavy (non-hydrogen) atoms. The molecule has 0 aromatic heterocycles. The number of likely N-dealkylation sites (N-methyl/N-ethyl adjacent to an activating group) is 1. The minimum atomic E-state index is -0.713. The molecule has 0 spiro atoms. The molecule has 1 saturated heterocycles. The number of anilines is 1. The maximum atomic E-state index is 13.0. The Kier molecular flexibility index (Phi) is 7.15. The first kappa shape index (κ1) is 22.3. The summed E-state index contributed by atoms with van der Waals surface area (Å²) in [6.07, 6.45) is -0.713. The fraction of sp³-hybridized carbons (Fsp3) is 0.391. The van der Waals surface area contributed by atoms with E-state index in [4.69, 9.17) is 4.74 Å². The van der Waals surface area contributed by atoms with E-state index in [2.05, 4.69) is 26.1 Å². The number of halogens is 1. The van der Waals surface area contributed by atoms with Crippen molar-refractivity contribution in [1.29, 1.82) is 0 Å². The van der Waals surface area contributed by atoms with Crippen LogP contribution in [0.25, 0.3) is 0 Å². The van der Waals surface area contributed by atoms with E-state index >= 15 is 0 Å². The van der Waals surface area contributed by atoms with E-state index in [0.29, 0.717) is 30.1 Å². The first-order valence-corrected chi connectivity index (χ1v) is 10.9. The van der Waals surface area contributed by atoms with Gasteiger partial charge in [0, 0.05) is 30.7 Å². The lowest BCUT2D eigenvalue weighted by molar-refractivity contribution is -0.122. The minimum Gasteiger partial charge on any atom is -0.480 e. The smallest absolute Gasteiger partial charge is 0.265 e. The minimum absolute atomic E-state index is 0.0628. The number of hydrogen-bond donors (Lipinski definition) is 1. The summed E-state index contributed by atoms with van der Waals surface area (Å²) in [4.78, 5) is 29.9. The van der Waals surface area contributed by atoms with Crippen LogP contribution in [0.3, 0.4) is 0 Å². The van der Waals surface area contributed by atoms with Gasteiger partial charge in [0.15, 0.2) is 6.10 Å². The molecular formula is C23H28BrN3O3. The highest BCUT2D eigenvalue weighted by atomic mass is 79.9. The van der Waals surface area contributed by atoms with Crippen molar-refractivity contribution in [3.63, 3.8) is 0 Å². The Labute approximate surface area is 186 Å². The number of nitrogens with zero attached hydrogens (tertiary/aromatic N) is 2. The zero-order valence-corrected chi connectivity index (χ0v) is 19.5. The molecule has 1 heterocycles. The zero-order valence-electron chi connectivity index (χ0n) is 17.9. The summed E-state index contributed by atoms with van der Waals surface area (Å²) in [5.74, 6) is 0.338. The van der Waals surface area contributed by atoms with Gasteiger partial charge in [0.2, 0.25) is 0 Å². The molecule has 6 nitrogen and oxygen atoms in total. The van der Waals surface area contributed by atoms with E-state index in [0.717, 1.165) is 28.7 Å². The highest BCUT2D eigenvalue weighted by Crippen LogP contribution is 2.28. The fourth-order valence-electron chi connectivity index (χ4n) is 3.51. The van der Waals surface area contributed by atoms with Crippen molar-refractivity contribution in [3.8, 4) is 5.75 Å². The van der Waals surface area contributed by atoms with Crippen molar-refractivity contribution in [2.75, 3.05) is 38.5 Å². The van der Waals surface area contributed by atoms with Crippen LogP contribution >= 0.6 is 15.9 Å². The maximum Gasteiger partial charge on any atom is 0.265 e. The van der Waals surface area contributed by atoms with Gasteiger partial charge in [-0.2, -0.15) is 0 Å². The van der Waals surface area contributed by atoms with Crippen LogP contribution in [-0.2, 0) is 4.79 Å². The second-order valence-electron chi connectivity index (χ2n) is 7.76. The van der Waals surface area contributed by atoms with Crippen LogP contribution in [0.15, 0.2) is 40.9 Å². The van der Waals surface area contributed by atoms with Crippen LogP contribution in [0.5, 0.6) is 5.75 Å². The molecule has 160 valence electrons. The lowest BCUT2D eigenvalue weighted by atomic mass is 10.1. The third-order valence-corrected chi connectivity index (χ3v) is 5.75. The Morgan fingerprint density at radius 3 is 2.30 bits per heavy atom. The normalized spacial score (nSPS) is 15.6. The van der Waals surface area contributed by atoms with Gasteiger partial charge < -0.3 is 19.9 Å². The van der Waals surface area contributed by atoms with E-state index in [9.17, 15) is 9.59 Å². The quantitative estimate of drug-likeness (QED) is 0.715. The largest absolute Gasteiger partial charge is 0.480 e. The number of rotatable bonds is 5. The second-order valence-corrected chi connectivity index (χ2v) is 8.67. The standard InChI is InChI=1S/C23H28BrN3O3/c1-15-13-18(24)14-16(2)21(15)30-17(3)22(28)25-20-8-6-5-7-19(20)23(29)27-11-9-26(4)10-12-27/h5-8,13-14,17H,9-12H2,1-4H3,(H,25,28). The molecule has 3 rings (SSSR count). The van der Waals surface area contributed by atoms with Crippen molar-refractivity contribution in [3.05, 3.63) is 57.6 Å². The third-order valence-electron chi connectivity index (χ3n) is 5.29. The summed E-state index contributed by atoms with van der Waals surface area (Å²) in [5.41, 5.74) is 2.91. The zero-order chi connectivity index (χ0) is 21.8. The summed E-state index contributed by atoms with van der Waals surface area (Å²) >= 11 is 3.47. The van der Waals surface area contributed by atoms with Crippen molar-refractivity contribution < 1.29 is 14.3 Å². The van der Waals surface area contributed by atoms with Gasteiger partial charge in [0.25, 0.3) is 11.8 Å². The molecule has 1 unspecified atom stereocenters. The third kappa shape index (κ3) is 5.21. The Bertz CT molecular complexity index is 916. The summed E-state index contributed by atoms with van der Waals surface area (Å²) in [6, 6.07) is 11.0. The molecule has 1 aliphatic rings. The van der Waals surface area contributed by atoms with E-state index in [1.165, 1.54) is 0 Å². The van der Waals surface area contributed by atoms with Crippen molar-refractivity contribution in [2.24, 2.45) is 0 Å². The predicted octanol–water partition coefficient (Wildman–Crippen LogP) is 3.86. The number of amides is 2. The topological polar surface area (TPSA) is 61.9 Å². The van der Waals surface area contributed by atoms with Crippen LogP contribution in [-0.4, -0.2) is 60.9 Å². The van der Waals surface area contributed by atoms with Gasteiger partial charge in [0.1, 0.15) is 5.75 Å². The van der Waals surface area contributed by atoms with Gasteiger partial charge in [0.05, 0.1) is 11.3 Å². The average molecular weight is 474 g/mol. The molecule has 2 amide bonds. The molecule has 0 aliphatic carbocycles. The molecule has 0 saturated carbocycles. The Balaban J connectivity index is 1.72. The molecule has 2 aromatic carbocycles. The summed E-state index contributed by atoms with van der Waals surface area (Å²) in [7, 11) is 2.05. The van der Waals surface area contributed by atoms with E-state index in [1.54, 1.807) is 19.1 Å². The van der Waals surface area contributed by atoms with Crippen LogP contribution in [0.4, 0.5) is 5.69 Å². The number of carbonyl (C=O) groups is 2. The highest BCUT2D eigenvalue weighted by molar-refractivity contribution is 9.10. The van der Waals surface area contributed by atoms with Crippen molar-refractivity contribution in [1.82, 2.24) is 9.80 Å². The number of hydrogen-bond acceptors (Lipinski definition) is 4.